The van der Waals surface area contributed by atoms with Crippen LogP contribution in [-0.4, -0.2) is 46.8 Å². The van der Waals surface area contributed by atoms with Crippen LogP contribution in [0.1, 0.15) is 27.9 Å². The molecule has 8 heteroatoms. The largest absolute Gasteiger partial charge is 0.393 e. The minimum Gasteiger partial charge on any atom is -0.393 e. The van der Waals surface area contributed by atoms with Gasteiger partial charge < -0.3 is 10.6 Å². The molecule has 0 aliphatic carbocycles. The molecular formula is C20H21N5O3. The molecule has 8 nitrogen and oxygen atoms in total. The highest BCUT2D eigenvalue weighted by atomic mass is 16.6. The van der Waals surface area contributed by atoms with E-state index >= 15 is 0 Å². The first kappa shape index (κ1) is 19.3. The molecule has 0 radical (unpaired) electrons. The van der Waals surface area contributed by atoms with E-state index in [-0.39, 0.29) is 22.8 Å². The number of nitro benzene ring substituents is 1. The number of nitrogens with two attached hydrogens (primary N) is 1. The highest BCUT2D eigenvalue weighted by Gasteiger charge is 2.23. The number of anilines is 1. The summed E-state index contributed by atoms with van der Waals surface area (Å²) in [6.45, 7) is 3.46. The van der Waals surface area contributed by atoms with Gasteiger partial charge in [-0.25, -0.2) is 0 Å². The van der Waals surface area contributed by atoms with Crippen LogP contribution in [0.15, 0.2) is 42.5 Å². The van der Waals surface area contributed by atoms with Gasteiger partial charge in [-0.3, -0.25) is 19.8 Å². The number of rotatable bonds is 4. The molecule has 2 aromatic carbocycles. The monoisotopic (exact) mass is 379 g/mol. The molecule has 1 aliphatic rings. The molecule has 0 unspecified atom stereocenters. The lowest BCUT2D eigenvalue weighted by molar-refractivity contribution is -0.383. The predicted octanol–water partition coefficient (Wildman–Crippen LogP) is 2.40. The van der Waals surface area contributed by atoms with Crippen molar-refractivity contribution in [1.82, 2.24) is 9.80 Å². The number of nitrogens with zero attached hydrogens (tertiary/aromatic N) is 4. The van der Waals surface area contributed by atoms with E-state index in [0.29, 0.717) is 25.2 Å². The minimum atomic E-state index is -0.576. The van der Waals surface area contributed by atoms with Crippen molar-refractivity contribution in [2.75, 3.05) is 31.9 Å². The molecule has 3 rings (SSSR count). The van der Waals surface area contributed by atoms with Gasteiger partial charge in [-0.2, -0.15) is 5.26 Å². The predicted molar refractivity (Wildman–Crippen MR) is 104 cm³/mol. The molecule has 2 aromatic rings. The summed E-state index contributed by atoms with van der Waals surface area (Å²) in [5, 5.41) is 19.9. The van der Waals surface area contributed by atoms with Crippen molar-refractivity contribution in [3.05, 3.63) is 69.3 Å². The van der Waals surface area contributed by atoms with Crippen molar-refractivity contribution in [3.63, 3.8) is 0 Å². The van der Waals surface area contributed by atoms with Gasteiger partial charge in [0, 0.05) is 44.4 Å². The Morgan fingerprint density at radius 3 is 2.57 bits per heavy atom. The molecule has 2 N–H and O–H groups in total. The molecule has 144 valence electrons. The molecule has 1 heterocycles. The van der Waals surface area contributed by atoms with Gasteiger partial charge in [-0.05, 0) is 36.2 Å². The van der Waals surface area contributed by atoms with Crippen LogP contribution >= 0.6 is 0 Å². The fourth-order valence-corrected chi connectivity index (χ4v) is 3.29. The van der Waals surface area contributed by atoms with Gasteiger partial charge in [0.2, 0.25) is 0 Å². The van der Waals surface area contributed by atoms with E-state index in [4.69, 9.17) is 11.0 Å². The van der Waals surface area contributed by atoms with Crippen molar-refractivity contribution < 1.29 is 9.72 Å². The standard InChI is InChI=1S/C20H21N5O3/c21-13-15-2-4-16(5-3-15)14-23-8-1-9-24(11-10-23)20(26)17-6-7-18(22)19(12-17)25(27)28/h2-7,12H,1,8-11,14,22H2. The van der Waals surface area contributed by atoms with E-state index < -0.39 is 4.92 Å². The van der Waals surface area contributed by atoms with Crippen molar-refractivity contribution in [2.24, 2.45) is 0 Å². The molecule has 0 atom stereocenters. The molecule has 28 heavy (non-hydrogen) atoms. The normalized spacial score (nSPS) is 14.9. The van der Waals surface area contributed by atoms with Gasteiger partial charge >= 0.3 is 0 Å². The zero-order valence-corrected chi connectivity index (χ0v) is 15.4. The van der Waals surface area contributed by atoms with Gasteiger partial charge in [0.25, 0.3) is 11.6 Å². The van der Waals surface area contributed by atoms with E-state index in [9.17, 15) is 14.9 Å². The average molecular weight is 379 g/mol. The second-order valence-electron chi connectivity index (χ2n) is 6.76. The van der Waals surface area contributed by atoms with Crippen LogP contribution in [-0.2, 0) is 6.54 Å². The number of carbonyl (C=O) groups is 1. The van der Waals surface area contributed by atoms with Crippen molar-refractivity contribution in [2.45, 2.75) is 13.0 Å². The van der Waals surface area contributed by atoms with Gasteiger partial charge in [-0.1, -0.05) is 12.1 Å². The molecular weight excluding hydrogens is 358 g/mol. The second kappa shape index (κ2) is 8.50. The Kier molecular flexibility index (Phi) is 5.87. The Hall–Kier alpha value is -3.44. The zero-order valence-electron chi connectivity index (χ0n) is 15.4. The minimum absolute atomic E-state index is 0.0472. The van der Waals surface area contributed by atoms with E-state index in [0.717, 1.165) is 25.1 Å². The summed E-state index contributed by atoms with van der Waals surface area (Å²) < 4.78 is 0. The number of nitrogen functional groups attached to an aromatic ring is 1. The summed E-state index contributed by atoms with van der Waals surface area (Å²) in [4.78, 5) is 27.3. The summed E-state index contributed by atoms with van der Waals surface area (Å²) >= 11 is 0. The highest BCUT2D eigenvalue weighted by Crippen LogP contribution is 2.23. The first-order chi connectivity index (χ1) is 13.5. The number of nitriles is 1. The van der Waals surface area contributed by atoms with Gasteiger partial charge in [0.1, 0.15) is 5.69 Å². The van der Waals surface area contributed by atoms with Crippen LogP contribution in [0.2, 0.25) is 0 Å². The van der Waals surface area contributed by atoms with Crippen LogP contribution in [0.4, 0.5) is 11.4 Å². The quantitative estimate of drug-likeness (QED) is 0.495. The highest BCUT2D eigenvalue weighted by molar-refractivity contribution is 5.95. The lowest BCUT2D eigenvalue weighted by Crippen LogP contribution is -2.35. The molecule has 1 saturated heterocycles. The first-order valence-electron chi connectivity index (χ1n) is 9.02. The average Bonchev–Trinajstić information content (AvgIpc) is 2.94. The van der Waals surface area contributed by atoms with Gasteiger partial charge in [0.05, 0.1) is 16.6 Å². The van der Waals surface area contributed by atoms with Crippen LogP contribution < -0.4 is 5.73 Å². The fourth-order valence-electron chi connectivity index (χ4n) is 3.29. The Labute approximate surface area is 162 Å². The molecule has 0 aromatic heterocycles. The Balaban J connectivity index is 1.64. The summed E-state index contributed by atoms with van der Waals surface area (Å²) in [5.41, 5.74) is 7.44. The maximum atomic E-state index is 12.8. The topological polar surface area (TPSA) is 116 Å². The summed E-state index contributed by atoms with van der Waals surface area (Å²) in [6, 6.07) is 13.8. The number of carbonyl (C=O) groups excluding carboxylic acids is 1. The Morgan fingerprint density at radius 2 is 1.89 bits per heavy atom. The van der Waals surface area contributed by atoms with Crippen LogP contribution in [0.5, 0.6) is 0 Å². The molecule has 1 amide bonds. The Bertz CT molecular complexity index is 920. The Morgan fingerprint density at radius 1 is 1.14 bits per heavy atom. The number of nitro groups is 1. The smallest absolute Gasteiger partial charge is 0.292 e. The van der Waals surface area contributed by atoms with E-state index in [1.54, 1.807) is 17.0 Å². The number of hydrogen-bond acceptors (Lipinski definition) is 6. The molecule has 1 fully saturated rings. The summed E-state index contributed by atoms with van der Waals surface area (Å²) in [7, 11) is 0. The maximum Gasteiger partial charge on any atom is 0.292 e. The molecule has 0 bridgehead atoms. The summed E-state index contributed by atoms with van der Waals surface area (Å²) in [6.07, 6.45) is 0.819. The van der Waals surface area contributed by atoms with Crippen molar-refractivity contribution >= 4 is 17.3 Å². The van der Waals surface area contributed by atoms with Crippen molar-refractivity contribution in [3.8, 4) is 6.07 Å². The first-order valence-corrected chi connectivity index (χ1v) is 9.02. The number of amides is 1. The van der Waals surface area contributed by atoms with Crippen LogP contribution in [0.3, 0.4) is 0 Å². The lowest BCUT2D eigenvalue weighted by atomic mass is 10.1. The van der Waals surface area contributed by atoms with Gasteiger partial charge in [-0.15, -0.1) is 0 Å². The zero-order chi connectivity index (χ0) is 20.1. The molecule has 0 spiro atoms. The van der Waals surface area contributed by atoms with Gasteiger partial charge in [0.15, 0.2) is 0 Å². The maximum absolute atomic E-state index is 12.8. The molecule has 0 saturated carbocycles. The SMILES string of the molecule is N#Cc1ccc(CN2CCCN(C(=O)c3ccc(N)c([N+](=O)[O-])c3)CC2)cc1. The number of hydrogen-bond donors (Lipinski definition) is 1. The molecule has 1 aliphatic heterocycles. The van der Waals surface area contributed by atoms with E-state index in [2.05, 4.69) is 11.0 Å². The van der Waals surface area contributed by atoms with E-state index in [1.807, 2.05) is 12.1 Å². The van der Waals surface area contributed by atoms with E-state index in [1.165, 1.54) is 18.2 Å². The number of benzene rings is 2. The van der Waals surface area contributed by atoms with Crippen LogP contribution in [0, 0.1) is 21.4 Å². The lowest BCUT2D eigenvalue weighted by Gasteiger charge is -2.22. The fraction of sp³-hybridized carbons (Fsp3) is 0.300. The third-order valence-electron chi connectivity index (χ3n) is 4.84. The third kappa shape index (κ3) is 4.45. The third-order valence-corrected chi connectivity index (χ3v) is 4.84. The van der Waals surface area contributed by atoms with Crippen LogP contribution in [0.25, 0.3) is 0 Å². The second-order valence-corrected chi connectivity index (χ2v) is 6.76. The summed E-state index contributed by atoms with van der Waals surface area (Å²) in [5.74, 6) is -0.219. The van der Waals surface area contributed by atoms with Crippen molar-refractivity contribution in [1.29, 1.82) is 5.26 Å².